The van der Waals surface area contributed by atoms with Crippen LogP contribution in [0.2, 0.25) is 0 Å². The number of ketones is 1. The first kappa shape index (κ1) is 11.7. The molecule has 0 saturated heterocycles. The van der Waals surface area contributed by atoms with E-state index in [1.165, 1.54) is 0 Å². The van der Waals surface area contributed by atoms with E-state index in [0.717, 1.165) is 6.42 Å². The van der Waals surface area contributed by atoms with Crippen molar-refractivity contribution >= 4 is 5.78 Å². The van der Waals surface area contributed by atoms with Gasteiger partial charge in [0.1, 0.15) is 5.78 Å². The van der Waals surface area contributed by atoms with Gasteiger partial charge in [-0.3, -0.25) is 4.79 Å². The summed E-state index contributed by atoms with van der Waals surface area (Å²) in [5.74, 6) is 1.06. The second-order valence-electron chi connectivity index (χ2n) is 5.09. The molecule has 0 saturated carbocycles. The average Bonchev–Trinajstić information content (AvgIpc) is 1.85. The summed E-state index contributed by atoms with van der Waals surface area (Å²) >= 11 is 0. The Hall–Kier alpha value is -0.330. The predicted octanol–water partition coefficient (Wildman–Crippen LogP) is 3.28. The summed E-state index contributed by atoms with van der Waals surface area (Å²) in [5, 5.41) is 0. The maximum Gasteiger partial charge on any atom is 0.135 e. The highest BCUT2D eigenvalue weighted by Gasteiger charge is 2.23. The fourth-order valence-corrected chi connectivity index (χ4v) is 0.844. The molecule has 0 unspecified atom stereocenters. The maximum absolute atomic E-state index is 11.4. The Morgan fingerprint density at radius 3 is 1.83 bits per heavy atom. The van der Waals surface area contributed by atoms with E-state index >= 15 is 0 Å². The van der Waals surface area contributed by atoms with Crippen LogP contribution in [0.3, 0.4) is 0 Å². The first-order valence-corrected chi connectivity index (χ1v) is 4.78. The lowest BCUT2D eigenvalue weighted by molar-refractivity contribution is -0.123. The van der Waals surface area contributed by atoms with Crippen molar-refractivity contribution in [3.05, 3.63) is 0 Å². The average molecular weight is 170 g/mol. The van der Waals surface area contributed by atoms with Gasteiger partial charge in [-0.1, -0.05) is 41.5 Å². The molecule has 0 bridgehead atoms. The lowest BCUT2D eigenvalue weighted by atomic mass is 9.78. The van der Waals surface area contributed by atoms with Crippen molar-refractivity contribution in [3.8, 4) is 0 Å². The molecule has 0 fully saturated rings. The van der Waals surface area contributed by atoms with E-state index in [1.807, 2.05) is 13.8 Å². The third kappa shape index (κ3) is 3.89. The van der Waals surface area contributed by atoms with Crippen LogP contribution in [0.4, 0.5) is 0 Å². The normalized spacial score (nSPS) is 14.9. The minimum Gasteiger partial charge on any atom is -0.299 e. The number of carbonyl (C=O) groups is 1. The third-order valence-corrected chi connectivity index (χ3v) is 2.63. The van der Waals surface area contributed by atoms with Crippen LogP contribution in [-0.4, -0.2) is 5.78 Å². The summed E-state index contributed by atoms with van der Waals surface area (Å²) in [6.07, 6.45) is 0.723. The zero-order chi connectivity index (χ0) is 9.94. The molecule has 12 heavy (non-hydrogen) atoms. The molecule has 1 heteroatoms. The van der Waals surface area contributed by atoms with Gasteiger partial charge in [0, 0.05) is 12.3 Å². The van der Waals surface area contributed by atoms with E-state index in [1.54, 1.807) is 0 Å². The molecule has 0 aromatic heterocycles. The highest BCUT2D eigenvalue weighted by atomic mass is 16.1. The topological polar surface area (TPSA) is 17.1 Å². The largest absolute Gasteiger partial charge is 0.299 e. The standard InChI is InChI=1S/C11H22O/c1-8(2)10(12)7-9(3)11(4,5)6/h8-9H,7H2,1-6H3/t9-/m1/s1. The SMILES string of the molecule is CC(C)C(=O)C[C@@H](C)C(C)(C)C. The maximum atomic E-state index is 11.4. The number of rotatable bonds is 3. The summed E-state index contributed by atoms with van der Waals surface area (Å²) < 4.78 is 0. The van der Waals surface area contributed by atoms with Crippen LogP contribution in [0.5, 0.6) is 0 Å². The molecule has 0 aliphatic heterocycles. The summed E-state index contributed by atoms with van der Waals surface area (Å²) in [4.78, 5) is 11.4. The molecule has 0 aromatic rings. The molecule has 0 N–H and O–H groups in total. The summed E-state index contributed by atoms with van der Waals surface area (Å²) in [6.45, 7) is 12.7. The smallest absolute Gasteiger partial charge is 0.135 e. The first-order chi connectivity index (χ1) is 5.25. The van der Waals surface area contributed by atoms with Gasteiger partial charge in [0.2, 0.25) is 0 Å². The monoisotopic (exact) mass is 170 g/mol. The van der Waals surface area contributed by atoms with Gasteiger partial charge >= 0.3 is 0 Å². The highest BCUT2D eigenvalue weighted by molar-refractivity contribution is 5.80. The lowest BCUT2D eigenvalue weighted by Crippen LogP contribution is -2.22. The Balaban J connectivity index is 4.02. The van der Waals surface area contributed by atoms with E-state index < -0.39 is 0 Å². The van der Waals surface area contributed by atoms with Crippen molar-refractivity contribution in [3.63, 3.8) is 0 Å². The van der Waals surface area contributed by atoms with E-state index in [-0.39, 0.29) is 11.3 Å². The number of carbonyl (C=O) groups excluding carboxylic acids is 1. The van der Waals surface area contributed by atoms with Gasteiger partial charge in [-0.05, 0) is 11.3 Å². The van der Waals surface area contributed by atoms with Crippen molar-refractivity contribution in [1.82, 2.24) is 0 Å². The first-order valence-electron chi connectivity index (χ1n) is 4.78. The van der Waals surface area contributed by atoms with Crippen LogP contribution in [0.15, 0.2) is 0 Å². The van der Waals surface area contributed by atoms with Crippen molar-refractivity contribution in [2.45, 2.75) is 48.0 Å². The molecule has 0 rings (SSSR count). The lowest BCUT2D eigenvalue weighted by Gasteiger charge is -2.27. The molecular weight excluding hydrogens is 148 g/mol. The fourth-order valence-electron chi connectivity index (χ4n) is 0.844. The molecule has 0 aliphatic rings. The molecule has 1 atom stereocenters. The quantitative estimate of drug-likeness (QED) is 0.635. The van der Waals surface area contributed by atoms with Gasteiger partial charge in [0.05, 0.1) is 0 Å². The van der Waals surface area contributed by atoms with Gasteiger partial charge < -0.3 is 0 Å². The Morgan fingerprint density at radius 2 is 1.58 bits per heavy atom. The summed E-state index contributed by atoms with van der Waals surface area (Å²) in [5.41, 5.74) is 0.255. The fraction of sp³-hybridized carbons (Fsp3) is 0.909. The van der Waals surface area contributed by atoms with E-state index in [9.17, 15) is 4.79 Å². The second kappa shape index (κ2) is 4.06. The minimum atomic E-state index is 0.190. The molecular formula is C11H22O. The third-order valence-electron chi connectivity index (χ3n) is 2.63. The van der Waals surface area contributed by atoms with E-state index in [2.05, 4.69) is 27.7 Å². The predicted molar refractivity (Wildman–Crippen MR) is 53.1 cm³/mol. The second-order valence-corrected chi connectivity index (χ2v) is 5.09. The zero-order valence-corrected chi connectivity index (χ0v) is 9.27. The molecule has 72 valence electrons. The molecule has 1 nitrogen and oxygen atoms in total. The summed E-state index contributed by atoms with van der Waals surface area (Å²) in [7, 11) is 0. The van der Waals surface area contributed by atoms with Crippen LogP contribution in [0, 0.1) is 17.3 Å². The number of Topliss-reactive ketones (excluding diaryl/α,β-unsaturated/α-hetero) is 1. The van der Waals surface area contributed by atoms with Crippen LogP contribution in [-0.2, 0) is 4.79 Å². The Morgan fingerprint density at radius 1 is 1.17 bits per heavy atom. The van der Waals surface area contributed by atoms with Gasteiger partial charge in [0.25, 0.3) is 0 Å². The van der Waals surface area contributed by atoms with Crippen molar-refractivity contribution in [2.75, 3.05) is 0 Å². The van der Waals surface area contributed by atoms with Crippen LogP contribution >= 0.6 is 0 Å². The molecule has 0 amide bonds. The highest BCUT2D eigenvalue weighted by Crippen LogP contribution is 2.28. The number of hydrogen-bond donors (Lipinski definition) is 0. The van der Waals surface area contributed by atoms with Crippen LogP contribution in [0.1, 0.15) is 48.0 Å². The van der Waals surface area contributed by atoms with Gasteiger partial charge in [-0.15, -0.1) is 0 Å². The Bertz CT molecular complexity index is 151. The van der Waals surface area contributed by atoms with Gasteiger partial charge in [0.15, 0.2) is 0 Å². The number of hydrogen-bond acceptors (Lipinski definition) is 1. The van der Waals surface area contributed by atoms with Crippen molar-refractivity contribution in [1.29, 1.82) is 0 Å². The van der Waals surface area contributed by atoms with Crippen LogP contribution in [0.25, 0.3) is 0 Å². The molecule has 0 aliphatic carbocycles. The van der Waals surface area contributed by atoms with Gasteiger partial charge in [-0.2, -0.15) is 0 Å². The van der Waals surface area contributed by atoms with E-state index in [4.69, 9.17) is 0 Å². The molecule has 0 heterocycles. The van der Waals surface area contributed by atoms with Crippen molar-refractivity contribution in [2.24, 2.45) is 17.3 Å². The zero-order valence-electron chi connectivity index (χ0n) is 9.27. The molecule has 0 spiro atoms. The van der Waals surface area contributed by atoms with Crippen molar-refractivity contribution < 1.29 is 4.79 Å². The van der Waals surface area contributed by atoms with Crippen LogP contribution < -0.4 is 0 Å². The Labute approximate surface area is 76.6 Å². The minimum absolute atomic E-state index is 0.190. The molecule has 0 aromatic carbocycles. The summed E-state index contributed by atoms with van der Waals surface area (Å²) in [6, 6.07) is 0. The Kier molecular flexibility index (Phi) is 3.95. The van der Waals surface area contributed by atoms with Gasteiger partial charge in [-0.25, -0.2) is 0 Å². The molecule has 0 radical (unpaired) electrons. The van der Waals surface area contributed by atoms with E-state index in [0.29, 0.717) is 11.7 Å².